The molecule has 0 atom stereocenters. The molecule has 80 valence electrons. The molecule has 2 N–H and O–H groups in total. The number of aryl methyl sites for hydroxylation is 2. The van der Waals surface area contributed by atoms with E-state index < -0.39 is 0 Å². The van der Waals surface area contributed by atoms with Crippen LogP contribution in [0.4, 0.5) is 5.82 Å². The van der Waals surface area contributed by atoms with Gasteiger partial charge in [-0.2, -0.15) is 5.10 Å². The lowest BCUT2D eigenvalue weighted by atomic mass is 10.3. The van der Waals surface area contributed by atoms with E-state index in [1.807, 2.05) is 17.7 Å². The Hall–Kier alpha value is -1.85. The predicted octanol–water partition coefficient (Wildman–Crippen LogP) is 0.433. The second-order valence-corrected chi connectivity index (χ2v) is 3.43. The van der Waals surface area contributed by atoms with E-state index in [0.29, 0.717) is 12.4 Å². The molecule has 0 bridgehead atoms. The van der Waals surface area contributed by atoms with E-state index in [1.165, 1.54) is 0 Å². The molecule has 6 heteroatoms. The van der Waals surface area contributed by atoms with Crippen molar-refractivity contribution in [1.82, 2.24) is 24.8 Å². The molecule has 2 rings (SSSR count). The average molecular weight is 206 g/mol. The summed E-state index contributed by atoms with van der Waals surface area (Å²) in [4.78, 5) is 0. The number of hydrogen-bond donors (Lipinski definition) is 1. The van der Waals surface area contributed by atoms with Crippen LogP contribution in [0.5, 0.6) is 0 Å². The van der Waals surface area contributed by atoms with Crippen molar-refractivity contribution in [1.29, 1.82) is 0 Å². The molecule has 6 nitrogen and oxygen atoms in total. The minimum atomic E-state index is 0.439. The Morgan fingerprint density at radius 3 is 2.87 bits per heavy atom. The summed E-state index contributed by atoms with van der Waals surface area (Å²) in [5, 5.41) is 12.0. The normalized spacial score (nSPS) is 10.8. The predicted molar refractivity (Wildman–Crippen MR) is 56.2 cm³/mol. The summed E-state index contributed by atoms with van der Waals surface area (Å²) in [7, 11) is 0. The van der Waals surface area contributed by atoms with Crippen molar-refractivity contribution >= 4 is 5.82 Å². The molecule has 0 unspecified atom stereocenters. The lowest BCUT2D eigenvalue weighted by Gasteiger charge is -2.03. The lowest BCUT2D eigenvalue weighted by Crippen LogP contribution is -2.08. The van der Waals surface area contributed by atoms with Crippen molar-refractivity contribution in [3.8, 4) is 0 Å². The number of rotatable bonds is 3. The van der Waals surface area contributed by atoms with Gasteiger partial charge in [0.05, 0.1) is 24.1 Å². The number of nitrogens with zero attached hydrogens (tertiary/aromatic N) is 5. The van der Waals surface area contributed by atoms with Gasteiger partial charge in [-0.25, -0.2) is 4.68 Å². The van der Waals surface area contributed by atoms with Gasteiger partial charge in [-0.3, -0.25) is 4.68 Å². The smallest absolute Gasteiger partial charge is 0.165 e. The molecule has 0 aliphatic heterocycles. The summed E-state index contributed by atoms with van der Waals surface area (Å²) in [5.41, 5.74) is 7.62. The third kappa shape index (κ3) is 1.98. The van der Waals surface area contributed by atoms with Crippen LogP contribution in [0.3, 0.4) is 0 Å². The Kier molecular flexibility index (Phi) is 2.40. The van der Waals surface area contributed by atoms with Crippen molar-refractivity contribution in [2.45, 2.75) is 26.9 Å². The third-order valence-corrected chi connectivity index (χ3v) is 2.17. The summed E-state index contributed by atoms with van der Waals surface area (Å²) >= 11 is 0. The van der Waals surface area contributed by atoms with Crippen LogP contribution in [0.25, 0.3) is 0 Å². The Balaban J connectivity index is 2.23. The number of nitrogens with two attached hydrogens (primary N) is 1. The second kappa shape index (κ2) is 3.72. The van der Waals surface area contributed by atoms with Gasteiger partial charge in [-0.15, -0.1) is 5.10 Å². The fourth-order valence-corrected chi connectivity index (χ4v) is 1.56. The Bertz CT molecular complexity index is 455. The van der Waals surface area contributed by atoms with E-state index in [2.05, 4.69) is 22.3 Å². The monoisotopic (exact) mass is 206 g/mol. The first-order valence-corrected chi connectivity index (χ1v) is 4.88. The van der Waals surface area contributed by atoms with Crippen LogP contribution in [-0.2, 0) is 13.1 Å². The van der Waals surface area contributed by atoms with Crippen LogP contribution in [-0.4, -0.2) is 24.8 Å². The summed E-state index contributed by atoms with van der Waals surface area (Å²) < 4.78 is 3.66. The lowest BCUT2D eigenvalue weighted by molar-refractivity contribution is 0.565. The van der Waals surface area contributed by atoms with Crippen molar-refractivity contribution < 1.29 is 0 Å². The average Bonchev–Trinajstić information content (AvgIpc) is 2.73. The van der Waals surface area contributed by atoms with Gasteiger partial charge in [-0.05, 0) is 19.9 Å². The molecule has 2 aromatic heterocycles. The van der Waals surface area contributed by atoms with E-state index in [-0.39, 0.29) is 0 Å². The van der Waals surface area contributed by atoms with E-state index >= 15 is 0 Å². The van der Waals surface area contributed by atoms with Gasteiger partial charge in [0.25, 0.3) is 0 Å². The highest BCUT2D eigenvalue weighted by Gasteiger charge is 2.05. The minimum Gasteiger partial charge on any atom is -0.381 e. The molecule has 0 aromatic carbocycles. The maximum atomic E-state index is 5.49. The molecule has 0 radical (unpaired) electrons. The number of anilines is 1. The van der Waals surface area contributed by atoms with E-state index in [9.17, 15) is 0 Å². The molecule has 2 aromatic rings. The van der Waals surface area contributed by atoms with E-state index in [0.717, 1.165) is 17.9 Å². The summed E-state index contributed by atoms with van der Waals surface area (Å²) in [6.45, 7) is 5.54. The highest BCUT2D eigenvalue weighted by molar-refractivity contribution is 5.20. The number of nitrogen functional groups attached to an aromatic ring is 1. The summed E-state index contributed by atoms with van der Waals surface area (Å²) in [5.74, 6) is 0.439. The first-order chi connectivity index (χ1) is 7.19. The summed E-state index contributed by atoms with van der Waals surface area (Å²) in [6.07, 6.45) is 1.71. The zero-order valence-electron chi connectivity index (χ0n) is 8.88. The van der Waals surface area contributed by atoms with Crippen LogP contribution in [0.2, 0.25) is 0 Å². The minimum absolute atomic E-state index is 0.439. The fraction of sp³-hybridized carbons (Fsp3) is 0.444. The van der Waals surface area contributed by atoms with Gasteiger partial charge in [-0.1, -0.05) is 5.21 Å². The van der Waals surface area contributed by atoms with Crippen LogP contribution in [0, 0.1) is 6.92 Å². The third-order valence-electron chi connectivity index (χ3n) is 2.17. The highest BCUT2D eigenvalue weighted by atomic mass is 15.4. The van der Waals surface area contributed by atoms with Gasteiger partial charge in [0, 0.05) is 6.54 Å². The van der Waals surface area contributed by atoms with E-state index in [4.69, 9.17) is 5.73 Å². The second-order valence-electron chi connectivity index (χ2n) is 3.43. The molecule has 0 spiro atoms. The first-order valence-electron chi connectivity index (χ1n) is 4.88. The Morgan fingerprint density at radius 2 is 2.27 bits per heavy atom. The quantitative estimate of drug-likeness (QED) is 0.790. The Morgan fingerprint density at radius 1 is 1.47 bits per heavy atom. The summed E-state index contributed by atoms with van der Waals surface area (Å²) in [6, 6.07) is 2.04. The van der Waals surface area contributed by atoms with Gasteiger partial charge in [0.2, 0.25) is 0 Å². The highest BCUT2D eigenvalue weighted by Crippen LogP contribution is 2.06. The first kappa shape index (κ1) is 9.70. The molecular weight excluding hydrogens is 192 g/mol. The van der Waals surface area contributed by atoms with Crippen molar-refractivity contribution in [3.05, 3.63) is 23.7 Å². The largest absolute Gasteiger partial charge is 0.381 e. The molecule has 0 aliphatic rings. The molecular formula is C9H14N6. The van der Waals surface area contributed by atoms with Crippen molar-refractivity contribution in [3.63, 3.8) is 0 Å². The molecule has 2 heterocycles. The zero-order chi connectivity index (χ0) is 10.8. The molecule has 0 amide bonds. The molecule has 0 saturated heterocycles. The molecule has 0 fully saturated rings. The topological polar surface area (TPSA) is 74.5 Å². The fourth-order valence-electron chi connectivity index (χ4n) is 1.56. The van der Waals surface area contributed by atoms with Gasteiger partial charge in [0.15, 0.2) is 5.82 Å². The standard InChI is InChI=1S/C9H14N6/c1-3-15-8(4-7(2)12-15)5-14-6-9(10)11-13-14/h4,6H,3,5,10H2,1-2H3. The number of aromatic nitrogens is 5. The van der Waals surface area contributed by atoms with E-state index in [1.54, 1.807) is 10.9 Å². The van der Waals surface area contributed by atoms with Gasteiger partial charge < -0.3 is 5.73 Å². The van der Waals surface area contributed by atoms with Gasteiger partial charge >= 0.3 is 0 Å². The van der Waals surface area contributed by atoms with Crippen LogP contribution in [0.15, 0.2) is 12.3 Å². The SMILES string of the molecule is CCn1nc(C)cc1Cn1cc(N)nn1. The molecule has 0 aliphatic carbocycles. The van der Waals surface area contributed by atoms with Crippen molar-refractivity contribution in [2.75, 3.05) is 5.73 Å². The van der Waals surface area contributed by atoms with Crippen LogP contribution >= 0.6 is 0 Å². The van der Waals surface area contributed by atoms with Crippen LogP contribution in [0.1, 0.15) is 18.3 Å². The van der Waals surface area contributed by atoms with Crippen molar-refractivity contribution in [2.24, 2.45) is 0 Å². The number of hydrogen-bond acceptors (Lipinski definition) is 4. The van der Waals surface area contributed by atoms with Gasteiger partial charge in [0.1, 0.15) is 0 Å². The maximum absolute atomic E-state index is 5.49. The maximum Gasteiger partial charge on any atom is 0.165 e. The molecule has 0 saturated carbocycles. The molecule has 15 heavy (non-hydrogen) atoms. The Labute approximate surface area is 87.7 Å². The zero-order valence-corrected chi connectivity index (χ0v) is 8.88. The van der Waals surface area contributed by atoms with Crippen LogP contribution < -0.4 is 5.73 Å².